The number of nitrogens with one attached hydrogen (secondary N) is 1. The fourth-order valence-corrected chi connectivity index (χ4v) is 3.89. The zero-order valence-corrected chi connectivity index (χ0v) is 14.4. The van der Waals surface area contributed by atoms with Gasteiger partial charge in [0.1, 0.15) is 0 Å². The van der Waals surface area contributed by atoms with E-state index in [4.69, 9.17) is 4.74 Å². The molecule has 2 aliphatic rings. The van der Waals surface area contributed by atoms with Gasteiger partial charge in [0.05, 0.1) is 18.3 Å². The van der Waals surface area contributed by atoms with Crippen LogP contribution in [0.3, 0.4) is 0 Å². The highest BCUT2D eigenvalue weighted by molar-refractivity contribution is 5.82. The lowest BCUT2D eigenvalue weighted by Crippen LogP contribution is -2.39. The first-order valence-electron chi connectivity index (χ1n) is 9.24. The lowest BCUT2D eigenvalue weighted by atomic mass is 10.1. The normalized spacial score (nSPS) is 20.9. The number of H-pyrrole nitrogens is 1. The maximum Gasteiger partial charge on any atom is 0.0883 e. The molecule has 0 amide bonds. The molecule has 5 rings (SSSR count). The smallest absolute Gasteiger partial charge is 0.0883 e. The fourth-order valence-electron chi connectivity index (χ4n) is 3.89. The molecule has 0 saturated heterocycles. The van der Waals surface area contributed by atoms with Crippen LogP contribution in [0.5, 0.6) is 0 Å². The molecule has 25 heavy (non-hydrogen) atoms. The molecule has 1 N–H and O–H groups in total. The molecule has 1 unspecified atom stereocenters. The maximum absolute atomic E-state index is 5.99. The third kappa shape index (κ3) is 3.10. The Balaban J connectivity index is 1.33. The van der Waals surface area contributed by atoms with Crippen LogP contribution in [0.25, 0.3) is 10.9 Å². The van der Waals surface area contributed by atoms with Gasteiger partial charge in [0.25, 0.3) is 0 Å². The second-order valence-electron chi connectivity index (χ2n) is 7.43. The molecule has 0 bridgehead atoms. The summed E-state index contributed by atoms with van der Waals surface area (Å²) in [5.41, 5.74) is 3.88. The summed E-state index contributed by atoms with van der Waals surface area (Å²) in [6, 6.07) is 11.1. The molecule has 5 nitrogen and oxygen atoms in total. The van der Waals surface area contributed by atoms with Crippen LogP contribution >= 0.6 is 0 Å². The molecule has 130 valence electrons. The highest BCUT2D eigenvalue weighted by Crippen LogP contribution is 2.30. The van der Waals surface area contributed by atoms with E-state index in [1.54, 1.807) is 0 Å². The first-order chi connectivity index (χ1) is 12.4. The van der Waals surface area contributed by atoms with Gasteiger partial charge in [-0.3, -0.25) is 9.58 Å². The molecule has 5 heteroatoms. The highest BCUT2D eigenvalue weighted by atomic mass is 16.5. The standard InChI is InChI=1S/C20H24N4O/c1-2-16(19-7-8-21-20(19)3-1)10-23-11-17-6-9-22-24(17)18(12-23)14-25-13-15-4-5-15/h1-3,6-9,15,18,21H,4-5,10-14H2. The van der Waals surface area contributed by atoms with Gasteiger partial charge in [0.2, 0.25) is 0 Å². The third-order valence-electron chi connectivity index (χ3n) is 5.39. The van der Waals surface area contributed by atoms with Gasteiger partial charge in [-0.15, -0.1) is 0 Å². The molecule has 1 aromatic carbocycles. The number of aromatic amines is 1. The molecule has 1 aliphatic heterocycles. The van der Waals surface area contributed by atoms with Crippen LogP contribution in [0, 0.1) is 5.92 Å². The average molecular weight is 336 g/mol. The molecule has 1 aliphatic carbocycles. The number of aromatic nitrogens is 3. The monoisotopic (exact) mass is 336 g/mol. The Morgan fingerprint density at radius 2 is 2.12 bits per heavy atom. The van der Waals surface area contributed by atoms with Crippen LogP contribution in [-0.2, 0) is 17.8 Å². The Morgan fingerprint density at radius 3 is 3.04 bits per heavy atom. The van der Waals surface area contributed by atoms with Gasteiger partial charge >= 0.3 is 0 Å². The van der Waals surface area contributed by atoms with Crippen LogP contribution in [0.4, 0.5) is 0 Å². The van der Waals surface area contributed by atoms with Crippen molar-refractivity contribution < 1.29 is 4.74 Å². The molecular weight excluding hydrogens is 312 g/mol. The van der Waals surface area contributed by atoms with Gasteiger partial charge in [0, 0.05) is 49.5 Å². The first-order valence-corrected chi connectivity index (χ1v) is 9.24. The first kappa shape index (κ1) is 15.2. The molecule has 1 fully saturated rings. The Labute approximate surface area is 147 Å². The summed E-state index contributed by atoms with van der Waals surface area (Å²) in [5.74, 6) is 0.808. The molecule has 3 aromatic rings. The minimum Gasteiger partial charge on any atom is -0.379 e. The minimum absolute atomic E-state index is 0.308. The van der Waals surface area contributed by atoms with E-state index in [1.165, 1.54) is 35.0 Å². The van der Waals surface area contributed by atoms with E-state index in [2.05, 4.69) is 50.0 Å². The molecule has 1 saturated carbocycles. The number of ether oxygens (including phenoxy) is 1. The third-order valence-corrected chi connectivity index (χ3v) is 5.39. The summed E-state index contributed by atoms with van der Waals surface area (Å²) in [6.45, 7) is 4.56. The maximum atomic E-state index is 5.99. The van der Waals surface area contributed by atoms with Crippen LogP contribution in [0.2, 0.25) is 0 Å². The van der Waals surface area contributed by atoms with E-state index in [0.717, 1.165) is 38.8 Å². The van der Waals surface area contributed by atoms with Crippen LogP contribution < -0.4 is 0 Å². The van der Waals surface area contributed by atoms with E-state index < -0.39 is 0 Å². The Kier molecular flexibility index (Phi) is 3.83. The van der Waals surface area contributed by atoms with Gasteiger partial charge in [-0.2, -0.15) is 5.10 Å². The number of hydrogen-bond donors (Lipinski definition) is 1. The summed E-state index contributed by atoms with van der Waals surface area (Å²) < 4.78 is 8.15. The Bertz CT molecular complexity index is 863. The van der Waals surface area contributed by atoms with Crippen molar-refractivity contribution in [3.63, 3.8) is 0 Å². The fraction of sp³-hybridized carbons (Fsp3) is 0.450. The molecule has 1 atom stereocenters. The predicted octanol–water partition coefficient (Wildman–Crippen LogP) is 3.35. The highest BCUT2D eigenvalue weighted by Gasteiger charge is 2.27. The predicted molar refractivity (Wildman–Crippen MR) is 97.2 cm³/mol. The van der Waals surface area contributed by atoms with Gasteiger partial charge < -0.3 is 9.72 Å². The number of fused-ring (bicyclic) bond motifs is 2. The zero-order valence-electron chi connectivity index (χ0n) is 14.4. The van der Waals surface area contributed by atoms with Gasteiger partial charge in [-0.05, 0) is 42.5 Å². The molecule has 0 spiro atoms. The van der Waals surface area contributed by atoms with E-state index in [9.17, 15) is 0 Å². The molecule has 0 radical (unpaired) electrons. The van der Waals surface area contributed by atoms with Crippen molar-refractivity contribution in [2.75, 3.05) is 19.8 Å². The molecule has 3 heterocycles. The van der Waals surface area contributed by atoms with Gasteiger partial charge in [-0.25, -0.2) is 0 Å². The largest absolute Gasteiger partial charge is 0.379 e. The summed E-state index contributed by atoms with van der Waals surface area (Å²) in [5, 5.41) is 5.86. The number of hydrogen-bond acceptors (Lipinski definition) is 3. The van der Waals surface area contributed by atoms with Crippen molar-refractivity contribution in [2.24, 2.45) is 5.92 Å². The number of rotatable bonds is 6. The van der Waals surface area contributed by atoms with Crippen LogP contribution in [0.15, 0.2) is 42.7 Å². The zero-order chi connectivity index (χ0) is 16.6. The number of benzene rings is 1. The topological polar surface area (TPSA) is 46.1 Å². The second kappa shape index (κ2) is 6.32. The summed E-state index contributed by atoms with van der Waals surface area (Å²) in [7, 11) is 0. The quantitative estimate of drug-likeness (QED) is 0.751. The molecular formula is C20H24N4O. The average Bonchev–Trinajstić information content (AvgIpc) is 3.10. The SMILES string of the molecule is c1cc(CN2Cc3ccnn3C(COCC3CC3)C2)c2cc[nH]c2c1. The van der Waals surface area contributed by atoms with Crippen molar-refractivity contribution >= 4 is 10.9 Å². The summed E-state index contributed by atoms with van der Waals surface area (Å²) in [6.07, 6.45) is 6.61. The van der Waals surface area contributed by atoms with Crippen LogP contribution in [0.1, 0.15) is 30.1 Å². The summed E-state index contributed by atoms with van der Waals surface area (Å²) in [4.78, 5) is 5.83. The van der Waals surface area contributed by atoms with Gasteiger partial charge in [-0.1, -0.05) is 12.1 Å². The Morgan fingerprint density at radius 1 is 1.16 bits per heavy atom. The Hall–Kier alpha value is -2.11. The second-order valence-corrected chi connectivity index (χ2v) is 7.43. The van der Waals surface area contributed by atoms with Crippen LogP contribution in [-0.4, -0.2) is 39.4 Å². The van der Waals surface area contributed by atoms with Gasteiger partial charge in [0.15, 0.2) is 0 Å². The van der Waals surface area contributed by atoms with Crippen molar-refractivity contribution in [3.8, 4) is 0 Å². The van der Waals surface area contributed by atoms with E-state index >= 15 is 0 Å². The lowest BCUT2D eigenvalue weighted by molar-refractivity contribution is 0.0569. The van der Waals surface area contributed by atoms with Crippen molar-refractivity contribution in [2.45, 2.75) is 32.0 Å². The minimum atomic E-state index is 0.308. The van der Waals surface area contributed by atoms with E-state index in [0.29, 0.717) is 6.04 Å². The number of nitrogens with zero attached hydrogens (tertiary/aromatic N) is 3. The van der Waals surface area contributed by atoms with Crippen molar-refractivity contribution in [3.05, 3.63) is 54.0 Å². The van der Waals surface area contributed by atoms with E-state index in [1.807, 2.05) is 12.4 Å². The molecule has 2 aromatic heterocycles. The summed E-state index contributed by atoms with van der Waals surface area (Å²) >= 11 is 0. The van der Waals surface area contributed by atoms with E-state index in [-0.39, 0.29) is 0 Å². The van der Waals surface area contributed by atoms with Crippen molar-refractivity contribution in [1.82, 2.24) is 19.7 Å². The lowest BCUT2D eigenvalue weighted by Gasteiger charge is -2.34. The van der Waals surface area contributed by atoms with Crippen molar-refractivity contribution in [1.29, 1.82) is 0 Å².